The van der Waals surface area contributed by atoms with Gasteiger partial charge in [0.15, 0.2) is 0 Å². The number of hydrogen-bond acceptors (Lipinski definition) is 5. The van der Waals surface area contributed by atoms with E-state index in [9.17, 15) is 13.2 Å². The molecule has 6 nitrogen and oxygen atoms in total. The van der Waals surface area contributed by atoms with Gasteiger partial charge in [-0.3, -0.25) is 4.72 Å². The van der Waals surface area contributed by atoms with Gasteiger partial charge >= 0.3 is 5.97 Å². The van der Waals surface area contributed by atoms with Crippen molar-refractivity contribution in [3.8, 4) is 17.6 Å². The normalized spacial score (nSPS) is 21.4. The number of ether oxygens (including phenoxy) is 1. The third-order valence-electron chi connectivity index (χ3n) is 7.27. The Morgan fingerprint density at radius 2 is 1.74 bits per heavy atom. The second-order valence-electron chi connectivity index (χ2n) is 9.58. The summed E-state index contributed by atoms with van der Waals surface area (Å²) in [5, 5.41) is 9.14. The number of anilines is 1. The van der Waals surface area contributed by atoms with Gasteiger partial charge < -0.3 is 9.84 Å². The minimum atomic E-state index is -3.85. The standard InChI is InChI=1S/C27H33NO5S2/c1-33-25-18-22(27(29)30)13-16-24(25)28-35(31,32)26-17-15-23(34-26)14-11-19-6-5-9-21(12-10-19)20-7-3-2-4-8-20/h13,15-21,28H,2-10,12H2,1H3,(H,29,30). The highest BCUT2D eigenvalue weighted by molar-refractivity contribution is 7.94. The molecular weight excluding hydrogens is 482 g/mol. The number of aromatic carboxylic acids is 1. The fraction of sp³-hybridized carbons (Fsp3) is 0.519. The Kier molecular flexibility index (Phi) is 8.40. The zero-order chi connectivity index (χ0) is 24.8. The van der Waals surface area contributed by atoms with Crippen LogP contribution in [0.1, 0.15) is 79.4 Å². The monoisotopic (exact) mass is 515 g/mol. The molecule has 2 unspecified atom stereocenters. The smallest absolute Gasteiger partial charge is 0.335 e. The van der Waals surface area contributed by atoms with Crippen molar-refractivity contribution >= 4 is 33.0 Å². The topological polar surface area (TPSA) is 92.7 Å². The maximum absolute atomic E-state index is 12.9. The fourth-order valence-corrected chi connectivity index (χ4v) is 7.60. The molecule has 1 aromatic carbocycles. The summed E-state index contributed by atoms with van der Waals surface area (Å²) in [5.74, 6) is 7.81. The molecule has 2 aromatic rings. The van der Waals surface area contributed by atoms with Crippen LogP contribution in [0.5, 0.6) is 5.75 Å². The number of benzene rings is 1. The van der Waals surface area contributed by atoms with Crippen LogP contribution in [-0.2, 0) is 10.0 Å². The molecule has 2 N–H and O–H groups in total. The molecule has 2 aliphatic carbocycles. The van der Waals surface area contributed by atoms with Crippen LogP contribution in [0.2, 0.25) is 0 Å². The zero-order valence-electron chi connectivity index (χ0n) is 20.1. The van der Waals surface area contributed by atoms with Gasteiger partial charge in [-0.15, -0.1) is 11.3 Å². The first-order chi connectivity index (χ1) is 16.9. The Morgan fingerprint density at radius 3 is 2.49 bits per heavy atom. The summed E-state index contributed by atoms with van der Waals surface area (Å²) in [6.07, 6.45) is 13.1. The average Bonchev–Trinajstić information content (AvgIpc) is 3.22. The summed E-state index contributed by atoms with van der Waals surface area (Å²) in [6.45, 7) is 0. The number of carboxylic acids is 1. The summed E-state index contributed by atoms with van der Waals surface area (Å²) in [5.41, 5.74) is 0.201. The third-order valence-corrected chi connectivity index (χ3v) is 10.1. The van der Waals surface area contributed by atoms with Gasteiger partial charge in [0.05, 0.1) is 23.2 Å². The lowest BCUT2D eigenvalue weighted by Gasteiger charge is -2.29. The number of carbonyl (C=O) groups is 1. The minimum absolute atomic E-state index is 0.0158. The first-order valence-corrected chi connectivity index (χ1v) is 14.7. The number of thiophene rings is 1. The summed E-state index contributed by atoms with van der Waals surface area (Å²) in [4.78, 5) is 11.9. The van der Waals surface area contributed by atoms with Gasteiger partial charge in [-0.1, -0.05) is 56.8 Å². The van der Waals surface area contributed by atoms with E-state index in [1.807, 2.05) is 0 Å². The minimum Gasteiger partial charge on any atom is -0.495 e. The summed E-state index contributed by atoms with van der Waals surface area (Å²) in [7, 11) is -2.49. The average molecular weight is 516 g/mol. The Balaban J connectivity index is 1.40. The molecule has 1 heterocycles. The van der Waals surface area contributed by atoms with E-state index in [-0.39, 0.29) is 21.2 Å². The van der Waals surface area contributed by atoms with Crippen LogP contribution in [0.4, 0.5) is 5.69 Å². The van der Waals surface area contributed by atoms with Crippen molar-refractivity contribution in [2.75, 3.05) is 11.8 Å². The molecule has 0 amide bonds. The number of carboxylic acid groups (broad SMARTS) is 1. The van der Waals surface area contributed by atoms with Gasteiger partial charge in [-0.05, 0) is 61.4 Å². The highest BCUT2D eigenvalue weighted by Crippen LogP contribution is 2.38. The van der Waals surface area contributed by atoms with E-state index in [0.717, 1.165) is 40.9 Å². The van der Waals surface area contributed by atoms with Crippen LogP contribution in [0.25, 0.3) is 0 Å². The van der Waals surface area contributed by atoms with E-state index in [2.05, 4.69) is 16.6 Å². The molecule has 0 spiro atoms. The van der Waals surface area contributed by atoms with Crippen molar-refractivity contribution in [1.29, 1.82) is 0 Å². The van der Waals surface area contributed by atoms with Gasteiger partial charge in [0.2, 0.25) is 0 Å². The number of methoxy groups -OCH3 is 1. The van der Waals surface area contributed by atoms with Crippen molar-refractivity contribution < 1.29 is 23.1 Å². The molecule has 35 heavy (non-hydrogen) atoms. The van der Waals surface area contributed by atoms with Crippen molar-refractivity contribution in [2.24, 2.45) is 17.8 Å². The van der Waals surface area contributed by atoms with E-state index in [0.29, 0.717) is 5.92 Å². The number of hydrogen-bond donors (Lipinski definition) is 2. The molecule has 0 bridgehead atoms. The Morgan fingerprint density at radius 1 is 1.00 bits per heavy atom. The quantitative estimate of drug-likeness (QED) is 0.344. The predicted molar refractivity (Wildman–Crippen MR) is 139 cm³/mol. The van der Waals surface area contributed by atoms with Crippen LogP contribution >= 0.6 is 11.3 Å². The van der Waals surface area contributed by atoms with Crippen molar-refractivity contribution in [2.45, 2.75) is 68.4 Å². The molecule has 4 rings (SSSR count). The Labute approximate surface area is 212 Å². The molecule has 8 heteroatoms. The molecule has 2 saturated carbocycles. The molecular formula is C27H33NO5S2. The van der Waals surface area contributed by atoms with Crippen molar-refractivity contribution in [3.63, 3.8) is 0 Å². The molecule has 0 radical (unpaired) electrons. The lowest BCUT2D eigenvalue weighted by Crippen LogP contribution is -2.17. The molecule has 188 valence electrons. The molecule has 2 atom stereocenters. The Hall–Kier alpha value is -2.50. The third kappa shape index (κ3) is 6.59. The molecule has 2 fully saturated rings. The van der Waals surface area contributed by atoms with Crippen LogP contribution in [-0.4, -0.2) is 26.6 Å². The van der Waals surface area contributed by atoms with Crippen molar-refractivity contribution in [3.05, 3.63) is 40.8 Å². The highest BCUT2D eigenvalue weighted by atomic mass is 32.2. The zero-order valence-corrected chi connectivity index (χ0v) is 21.7. The second kappa shape index (κ2) is 11.5. The van der Waals surface area contributed by atoms with Crippen LogP contribution < -0.4 is 9.46 Å². The predicted octanol–water partition coefficient (Wildman–Crippen LogP) is 6.38. The number of nitrogens with one attached hydrogen (secondary N) is 1. The summed E-state index contributed by atoms with van der Waals surface area (Å²) >= 11 is 1.14. The molecule has 0 saturated heterocycles. The lowest BCUT2D eigenvalue weighted by molar-refractivity contribution is 0.0696. The molecule has 1 aromatic heterocycles. The van der Waals surface area contributed by atoms with E-state index >= 15 is 0 Å². The number of sulfonamides is 1. The van der Waals surface area contributed by atoms with E-state index in [4.69, 9.17) is 9.84 Å². The number of rotatable bonds is 6. The van der Waals surface area contributed by atoms with Gasteiger partial charge in [0.1, 0.15) is 9.96 Å². The van der Waals surface area contributed by atoms with E-state index in [1.165, 1.54) is 76.7 Å². The van der Waals surface area contributed by atoms with Gasteiger partial charge in [-0.2, -0.15) is 0 Å². The largest absolute Gasteiger partial charge is 0.495 e. The van der Waals surface area contributed by atoms with Gasteiger partial charge in [0, 0.05) is 5.92 Å². The summed E-state index contributed by atoms with van der Waals surface area (Å²) < 4.78 is 33.7. The SMILES string of the molecule is COc1cc(C(=O)O)ccc1NS(=O)(=O)c1ccc(C#CC2CCCC(C3CCCCC3)CC2)s1. The summed E-state index contributed by atoms with van der Waals surface area (Å²) in [6, 6.07) is 7.32. The van der Waals surface area contributed by atoms with Crippen LogP contribution in [0, 0.1) is 29.6 Å². The first kappa shape index (κ1) is 25.6. The van der Waals surface area contributed by atoms with Crippen LogP contribution in [0.3, 0.4) is 0 Å². The van der Waals surface area contributed by atoms with E-state index < -0.39 is 16.0 Å². The van der Waals surface area contributed by atoms with E-state index in [1.54, 1.807) is 12.1 Å². The highest BCUT2D eigenvalue weighted by Gasteiger charge is 2.26. The molecule has 0 aliphatic heterocycles. The first-order valence-electron chi connectivity index (χ1n) is 12.4. The molecule has 2 aliphatic rings. The maximum atomic E-state index is 12.9. The lowest BCUT2D eigenvalue weighted by atomic mass is 9.77. The van der Waals surface area contributed by atoms with Crippen molar-refractivity contribution in [1.82, 2.24) is 0 Å². The fourth-order valence-electron chi connectivity index (χ4n) is 5.36. The maximum Gasteiger partial charge on any atom is 0.335 e. The van der Waals surface area contributed by atoms with Gasteiger partial charge in [-0.25, -0.2) is 13.2 Å². The van der Waals surface area contributed by atoms with Crippen LogP contribution in [0.15, 0.2) is 34.5 Å². The van der Waals surface area contributed by atoms with Gasteiger partial charge in [0.25, 0.3) is 10.0 Å². The second-order valence-corrected chi connectivity index (χ2v) is 12.6. The Bertz CT molecular complexity index is 1200.